The normalized spacial score (nSPS) is 10.9. The number of hydrogen-bond acceptors (Lipinski definition) is 2. The third-order valence-corrected chi connectivity index (χ3v) is 5.07. The van der Waals surface area contributed by atoms with Gasteiger partial charge < -0.3 is 9.72 Å². The van der Waals surface area contributed by atoms with Crippen LogP contribution in [-0.2, 0) is 0 Å². The second kappa shape index (κ2) is 6.76. The van der Waals surface area contributed by atoms with Crippen LogP contribution in [-0.4, -0.2) is 17.9 Å². The molecule has 0 spiro atoms. The van der Waals surface area contributed by atoms with Gasteiger partial charge in [0, 0.05) is 27.7 Å². The van der Waals surface area contributed by atoms with Crippen LogP contribution in [0.25, 0.3) is 22.2 Å². The predicted molar refractivity (Wildman–Crippen MR) is 110 cm³/mol. The number of benzene rings is 3. The summed E-state index contributed by atoms with van der Waals surface area (Å²) in [6.45, 7) is 3.99. The van der Waals surface area contributed by atoms with Gasteiger partial charge in [-0.25, -0.2) is 0 Å². The van der Waals surface area contributed by atoms with Gasteiger partial charge in [0.15, 0.2) is 5.78 Å². The average molecular weight is 355 g/mol. The fraction of sp³-hybridized carbons (Fsp3) is 0.125. The monoisotopic (exact) mass is 355 g/mol. The molecule has 27 heavy (non-hydrogen) atoms. The number of para-hydroxylation sites is 1. The van der Waals surface area contributed by atoms with E-state index >= 15 is 0 Å². The summed E-state index contributed by atoms with van der Waals surface area (Å²) in [6, 6.07) is 21.7. The number of carbonyl (C=O) groups excluding carboxylic acids is 1. The molecule has 4 rings (SSSR count). The number of aromatic amines is 1. The number of aromatic nitrogens is 1. The van der Waals surface area contributed by atoms with E-state index < -0.39 is 0 Å². The van der Waals surface area contributed by atoms with Crippen LogP contribution in [0.1, 0.15) is 27.0 Å². The van der Waals surface area contributed by atoms with E-state index in [1.54, 1.807) is 7.11 Å². The molecule has 0 atom stereocenters. The zero-order valence-corrected chi connectivity index (χ0v) is 15.7. The van der Waals surface area contributed by atoms with Crippen molar-refractivity contribution in [2.45, 2.75) is 13.8 Å². The topological polar surface area (TPSA) is 42.1 Å². The summed E-state index contributed by atoms with van der Waals surface area (Å²) in [5.74, 6) is 0.736. The number of methoxy groups -OCH3 is 1. The molecule has 0 bridgehead atoms. The lowest BCUT2D eigenvalue weighted by atomic mass is 9.97. The Morgan fingerprint density at radius 2 is 1.70 bits per heavy atom. The summed E-state index contributed by atoms with van der Waals surface area (Å²) in [5, 5.41) is 1.16. The van der Waals surface area contributed by atoms with Crippen LogP contribution < -0.4 is 4.74 Å². The van der Waals surface area contributed by atoms with Crippen LogP contribution >= 0.6 is 0 Å². The van der Waals surface area contributed by atoms with Gasteiger partial charge in [-0.2, -0.15) is 0 Å². The first-order valence-corrected chi connectivity index (χ1v) is 8.95. The zero-order valence-electron chi connectivity index (χ0n) is 15.7. The molecule has 3 nitrogen and oxygen atoms in total. The molecule has 134 valence electrons. The van der Waals surface area contributed by atoms with E-state index in [2.05, 4.69) is 23.2 Å². The fourth-order valence-electron chi connectivity index (χ4n) is 3.39. The lowest BCUT2D eigenvalue weighted by molar-refractivity contribution is 0.103. The van der Waals surface area contributed by atoms with Crippen molar-refractivity contribution in [2.75, 3.05) is 7.11 Å². The minimum absolute atomic E-state index is 0.00522. The molecule has 0 saturated carbocycles. The fourth-order valence-corrected chi connectivity index (χ4v) is 3.39. The summed E-state index contributed by atoms with van der Waals surface area (Å²) in [5.41, 5.74) is 6.49. The standard InChI is InChI=1S/C24H21NO2/c1-15-11-20(14-23(27-3)16(15)2)24(26)19-9-6-8-17(12-19)22-13-18-7-4-5-10-21(18)25-22/h4-14,25H,1-3H3. The highest BCUT2D eigenvalue weighted by atomic mass is 16.5. The van der Waals surface area contributed by atoms with E-state index in [9.17, 15) is 4.79 Å². The van der Waals surface area contributed by atoms with E-state index in [1.165, 1.54) is 0 Å². The molecule has 0 fully saturated rings. The quantitative estimate of drug-likeness (QED) is 0.478. The van der Waals surface area contributed by atoms with E-state index in [0.717, 1.165) is 39.0 Å². The van der Waals surface area contributed by atoms with Crippen molar-refractivity contribution in [3.63, 3.8) is 0 Å². The maximum absolute atomic E-state index is 13.1. The van der Waals surface area contributed by atoms with Crippen LogP contribution in [0.2, 0.25) is 0 Å². The van der Waals surface area contributed by atoms with Gasteiger partial charge in [0.05, 0.1) is 7.11 Å². The van der Waals surface area contributed by atoms with Crippen molar-refractivity contribution in [1.29, 1.82) is 0 Å². The van der Waals surface area contributed by atoms with Gasteiger partial charge in [0.2, 0.25) is 0 Å². The lowest BCUT2D eigenvalue weighted by Gasteiger charge is -2.11. The Bertz CT molecular complexity index is 1120. The number of nitrogens with one attached hydrogen (secondary N) is 1. The Balaban J connectivity index is 1.74. The Morgan fingerprint density at radius 1 is 0.889 bits per heavy atom. The number of ketones is 1. The SMILES string of the molecule is COc1cc(C(=O)c2cccc(-c3cc4ccccc4[nH]3)c2)cc(C)c1C. The highest BCUT2D eigenvalue weighted by Gasteiger charge is 2.14. The third-order valence-electron chi connectivity index (χ3n) is 5.07. The summed E-state index contributed by atoms with van der Waals surface area (Å²) >= 11 is 0. The Labute approximate surface area is 158 Å². The molecule has 3 aromatic carbocycles. The van der Waals surface area contributed by atoms with Crippen molar-refractivity contribution < 1.29 is 9.53 Å². The van der Waals surface area contributed by atoms with Crippen LogP contribution in [0.5, 0.6) is 5.75 Å². The number of fused-ring (bicyclic) bond motifs is 1. The molecular formula is C24H21NO2. The summed E-state index contributed by atoms with van der Waals surface area (Å²) in [7, 11) is 1.63. The Kier molecular flexibility index (Phi) is 4.28. The largest absolute Gasteiger partial charge is 0.496 e. The predicted octanol–water partition coefficient (Wildman–Crippen LogP) is 5.69. The second-order valence-electron chi connectivity index (χ2n) is 6.80. The molecule has 0 aliphatic rings. The average Bonchev–Trinajstić information content (AvgIpc) is 3.14. The summed E-state index contributed by atoms with van der Waals surface area (Å²) < 4.78 is 5.42. The first kappa shape index (κ1) is 17.1. The summed E-state index contributed by atoms with van der Waals surface area (Å²) in [4.78, 5) is 16.5. The van der Waals surface area contributed by atoms with Gasteiger partial charge in [-0.1, -0.05) is 36.4 Å². The number of aryl methyl sites for hydroxylation is 1. The Hall–Kier alpha value is -3.33. The number of rotatable bonds is 4. The van der Waals surface area contributed by atoms with Gasteiger partial charge in [-0.15, -0.1) is 0 Å². The molecule has 1 N–H and O–H groups in total. The van der Waals surface area contributed by atoms with Crippen molar-refractivity contribution in [2.24, 2.45) is 0 Å². The molecule has 0 aliphatic heterocycles. The molecule has 4 aromatic rings. The minimum Gasteiger partial charge on any atom is -0.496 e. The molecule has 3 heteroatoms. The maximum Gasteiger partial charge on any atom is 0.193 e. The number of ether oxygens (including phenoxy) is 1. The van der Waals surface area contributed by atoms with Crippen molar-refractivity contribution in [1.82, 2.24) is 4.98 Å². The van der Waals surface area contributed by atoms with E-state index in [1.807, 2.05) is 62.4 Å². The van der Waals surface area contributed by atoms with Crippen LogP contribution in [0, 0.1) is 13.8 Å². The number of hydrogen-bond donors (Lipinski definition) is 1. The molecule has 1 heterocycles. The van der Waals surface area contributed by atoms with Gasteiger partial charge in [-0.3, -0.25) is 4.79 Å². The first-order valence-electron chi connectivity index (χ1n) is 8.95. The maximum atomic E-state index is 13.1. The smallest absolute Gasteiger partial charge is 0.193 e. The number of carbonyl (C=O) groups is 1. The highest BCUT2D eigenvalue weighted by molar-refractivity contribution is 6.10. The molecule has 0 unspecified atom stereocenters. The summed E-state index contributed by atoms with van der Waals surface area (Å²) in [6.07, 6.45) is 0. The molecule has 0 radical (unpaired) electrons. The van der Waals surface area contributed by atoms with Gasteiger partial charge >= 0.3 is 0 Å². The van der Waals surface area contributed by atoms with Gasteiger partial charge in [0.25, 0.3) is 0 Å². The lowest BCUT2D eigenvalue weighted by Crippen LogP contribution is -2.04. The third kappa shape index (κ3) is 3.13. The van der Waals surface area contributed by atoms with Crippen molar-refractivity contribution in [3.8, 4) is 17.0 Å². The van der Waals surface area contributed by atoms with Gasteiger partial charge in [-0.05, 0) is 60.9 Å². The van der Waals surface area contributed by atoms with Gasteiger partial charge in [0.1, 0.15) is 5.75 Å². The highest BCUT2D eigenvalue weighted by Crippen LogP contribution is 2.27. The minimum atomic E-state index is -0.00522. The molecular weight excluding hydrogens is 334 g/mol. The van der Waals surface area contributed by atoms with Crippen LogP contribution in [0.3, 0.4) is 0 Å². The number of H-pyrrole nitrogens is 1. The van der Waals surface area contributed by atoms with Crippen LogP contribution in [0.15, 0.2) is 66.7 Å². The molecule has 0 aliphatic carbocycles. The molecule has 1 aromatic heterocycles. The first-order chi connectivity index (χ1) is 13.1. The van der Waals surface area contributed by atoms with E-state index in [0.29, 0.717) is 11.1 Å². The Morgan fingerprint density at radius 3 is 2.48 bits per heavy atom. The zero-order chi connectivity index (χ0) is 19.0. The van der Waals surface area contributed by atoms with Crippen molar-refractivity contribution >= 4 is 16.7 Å². The van der Waals surface area contributed by atoms with E-state index in [4.69, 9.17) is 4.74 Å². The van der Waals surface area contributed by atoms with Crippen LogP contribution in [0.4, 0.5) is 0 Å². The van der Waals surface area contributed by atoms with E-state index in [-0.39, 0.29) is 5.78 Å². The van der Waals surface area contributed by atoms with Crippen molar-refractivity contribution in [3.05, 3.63) is 89.0 Å². The molecule has 0 amide bonds. The molecule has 0 saturated heterocycles. The second-order valence-corrected chi connectivity index (χ2v) is 6.80.